The largest absolute Gasteiger partial charge is 0.460 e. The van der Waals surface area contributed by atoms with E-state index in [9.17, 15) is 4.79 Å². The van der Waals surface area contributed by atoms with Gasteiger partial charge in [0.15, 0.2) is 6.04 Å². The van der Waals surface area contributed by atoms with E-state index in [1.807, 2.05) is 72.6 Å². The fourth-order valence-electron chi connectivity index (χ4n) is 2.19. The third-order valence-electron chi connectivity index (χ3n) is 3.23. The van der Waals surface area contributed by atoms with Gasteiger partial charge in [0.05, 0.1) is 0 Å². The first-order chi connectivity index (χ1) is 10.2. The van der Waals surface area contributed by atoms with E-state index < -0.39 is 6.04 Å². The van der Waals surface area contributed by atoms with Crippen LogP contribution >= 0.6 is 0 Å². The Labute approximate surface area is 125 Å². The Balaban J connectivity index is 2.32. The highest BCUT2D eigenvalue weighted by Crippen LogP contribution is 2.26. The summed E-state index contributed by atoms with van der Waals surface area (Å²) in [6.45, 7) is 3.79. The molecule has 0 N–H and O–H groups in total. The van der Waals surface area contributed by atoms with E-state index in [-0.39, 0.29) is 12.6 Å². The number of hydrogen-bond donors (Lipinski definition) is 0. The van der Waals surface area contributed by atoms with Gasteiger partial charge in [0.1, 0.15) is 6.61 Å². The Morgan fingerprint density at radius 2 is 1.71 bits per heavy atom. The Hall–Kier alpha value is -2.55. The van der Waals surface area contributed by atoms with Crippen molar-refractivity contribution in [1.82, 2.24) is 0 Å². The maximum Gasteiger partial charge on any atom is 0.333 e. The molecule has 1 unspecified atom stereocenters. The number of ether oxygens (including phenoxy) is 1. The van der Waals surface area contributed by atoms with Gasteiger partial charge in [0.2, 0.25) is 0 Å². The zero-order valence-corrected chi connectivity index (χ0v) is 12.1. The van der Waals surface area contributed by atoms with E-state index in [1.165, 1.54) is 0 Å². The molecule has 0 spiro atoms. The molecule has 2 aromatic rings. The topological polar surface area (TPSA) is 29.5 Å². The predicted molar refractivity (Wildman–Crippen MR) is 85.2 cm³/mol. The number of para-hydroxylation sites is 1. The van der Waals surface area contributed by atoms with Crippen molar-refractivity contribution < 1.29 is 9.53 Å². The molecule has 2 aromatic carbocycles. The van der Waals surface area contributed by atoms with Crippen LogP contribution in [0.1, 0.15) is 11.6 Å². The normalized spacial score (nSPS) is 11.5. The summed E-state index contributed by atoms with van der Waals surface area (Å²) in [7, 11) is 1.89. The van der Waals surface area contributed by atoms with Gasteiger partial charge in [-0.05, 0) is 17.7 Å². The van der Waals surface area contributed by atoms with Gasteiger partial charge in [0.25, 0.3) is 0 Å². The second kappa shape index (κ2) is 7.29. The number of rotatable bonds is 6. The second-order valence-electron chi connectivity index (χ2n) is 4.68. The Morgan fingerprint density at radius 3 is 2.29 bits per heavy atom. The van der Waals surface area contributed by atoms with Crippen LogP contribution in [0.2, 0.25) is 0 Å². The van der Waals surface area contributed by atoms with Crippen molar-refractivity contribution in [2.75, 3.05) is 18.6 Å². The van der Waals surface area contributed by atoms with E-state index >= 15 is 0 Å². The summed E-state index contributed by atoms with van der Waals surface area (Å²) < 4.78 is 5.25. The molecule has 2 rings (SSSR count). The van der Waals surface area contributed by atoms with Crippen LogP contribution in [-0.4, -0.2) is 19.6 Å². The average Bonchev–Trinajstić information content (AvgIpc) is 2.55. The van der Waals surface area contributed by atoms with Gasteiger partial charge >= 0.3 is 5.97 Å². The van der Waals surface area contributed by atoms with Crippen LogP contribution < -0.4 is 4.90 Å². The molecule has 0 aliphatic rings. The number of hydrogen-bond acceptors (Lipinski definition) is 3. The summed E-state index contributed by atoms with van der Waals surface area (Å²) in [4.78, 5) is 14.3. The molecule has 3 heteroatoms. The summed E-state index contributed by atoms with van der Waals surface area (Å²) in [6.07, 6.45) is 1.57. The Kier molecular flexibility index (Phi) is 5.16. The fraction of sp³-hybridized carbons (Fsp3) is 0.167. The number of esters is 1. The van der Waals surface area contributed by atoms with Crippen molar-refractivity contribution in [1.29, 1.82) is 0 Å². The first-order valence-corrected chi connectivity index (χ1v) is 6.84. The van der Waals surface area contributed by atoms with Crippen molar-refractivity contribution >= 4 is 11.7 Å². The molecule has 0 saturated carbocycles. The van der Waals surface area contributed by atoms with Crippen LogP contribution in [0.3, 0.4) is 0 Å². The maximum absolute atomic E-state index is 12.4. The molecule has 0 aliphatic heterocycles. The minimum absolute atomic E-state index is 0.213. The van der Waals surface area contributed by atoms with Crippen LogP contribution in [0.15, 0.2) is 73.3 Å². The molecule has 0 radical (unpaired) electrons. The number of nitrogens with zero attached hydrogens (tertiary/aromatic N) is 1. The van der Waals surface area contributed by atoms with Gasteiger partial charge in [-0.3, -0.25) is 0 Å². The molecular formula is C18H19NO2. The quantitative estimate of drug-likeness (QED) is 0.598. The van der Waals surface area contributed by atoms with Crippen molar-refractivity contribution in [2.24, 2.45) is 0 Å². The zero-order valence-electron chi connectivity index (χ0n) is 12.1. The molecule has 3 nitrogen and oxygen atoms in total. The smallest absolute Gasteiger partial charge is 0.333 e. The van der Waals surface area contributed by atoms with Crippen LogP contribution in [-0.2, 0) is 9.53 Å². The lowest BCUT2D eigenvalue weighted by Gasteiger charge is -2.28. The standard InChI is InChI=1S/C18H19NO2/c1-3-14-21-18(20)17(15-10-6-4-7-11-15)19(2)16-12-8-5-9-13-16/h3-13,17H,1,14H2,2H3. The minimum atomic E-state index is -0.478. The predicted octanol–water partition coefficient (Wildman–Crippen LogP) is 3.59. The molecule has 21 heavy (non-hydrogen) atoms. The summed E-state index contributed by atoms with van der Waals surface area (Å²) in [5.41, 5.74) is 1.86. The van der Waals surface area contributed by atoms with Crippen molar-refractivity contribution in [3.63, 3.8) is 0 Å². The third kappa shape index (κ3) is 3.72. The third-order valence-corrected chi connectivity index (χ3v) is 3.23. The highest BCUT2D eigenvalue weighted by atomic mass is 16.5. The molecule has 0 aromatic heterocycles. The molecule has 1 atom stereocenters. The van der Waals surface area contributed by atoms with Gasteiger partial charge in [0, 0.05) is 12.7 Å². The van der Waals surface area contributed by atoms with Crippen LogP contribution in [0.4, 0.5) is 5.69 Å². The van der Waals surface area contributed by atoms with Gasteiger partial charge in [-0.25, -0.2) is 4.79 Å². The van der Waals surface area contributed by atoms with Gasteiger partial charge in [-0.1, -0.05) is 61.2 Å². The molecular weight excluding hydrogens is 262 g/mol. The van der Waals surface area contributed by atoms with Crippen LogP contribution in [0.25, 0.3) is 0 Å². The lowest BCUT2D eigenvalue weighted by molar-refractivity contribution is -0.144. The monoisotopic (exact) mass is 281 g/mol. The number of benzene rings is 2. The van der Waals surface area contributed by atoms with E-state index in [0.717, 1.165) is 11.3 Å². The average molecular weight is 281 g/mol. The Morgan fingerprint density at radius 1 is 1.14 bits per heavy atom. The lowest BCUT2D eigenvalue weighted by Crippen LogP contribution is -2.32. The molecule has 0 bridgehead atoms. The van der Waals surface area contributed by atoms with Gasteiger partial charge < -0.3 is 9.64 Å². The molecule has 0 heterocycles. The van der Waals surface area contributed by atoms with Gasteiger partial charge in [-0.15, -0.1) is 0 Å². The highest BCUT2D eigenvalue weighted by Gasteiger charge is 2.26. The Bertz CT molecular complexity index is 581. The highest BCUT2D eigenvalue weighted by molar-refractivity contribution is 5.81. The molecule has 0 saturated heterocycles. The first kappa shape index (κ1) is 14.9. The van der Waals surface area contributed by atoms with E-state index in [4.69, 9.17) is 4.74 Å². The minimum Gasteiger partial charge on any atom is -0.460 e. The number of anilines is 1. The number of carbonyl (C=O) groups is 1. The van der Waals surface area contributed by atoms with Crippen molar-refractivity contribution in [3.05, 3.63) is 78.9 Å². The maximum atomic E-state index is 12.4. The molecule has 0 fully saturated rings. The fourth-order valence-corrected chi connectivity index (χ4v) is 2.19. The molecule has 108 valence electrons. The van der Waals surface area contributed by atoms with E-state index in [0.29, 0.717) is 0 Å². The SMILES string of the molecule is C=CCOC(=O)C(c1ccccc1)N(C)c1ccccc1. The van der Waals surface area contributed by atoms with Crippen LogP contribution in [0.5, 0.6) is 0 Å². The summed E-state index contributed by atoms with van der Waals surface area (Å²) in [5, 5.41) is 0. The zero-order chi connectivity index (χ0) is 15.1. The summed E-state index contributed by atoms with van der Waals surface area (Å²) in [6, 6.07) is 18.9. The van der Waals surface area contributed by atoms with Crippen molar-refractivity contribution in [2.45, 2.75) is 6.04 Å². The summed E-state index contributed by atoms with van der Waals surface area (Å²) in [5.74, 6) is -0.285. The number of likely N-dealkylation sites (N-methyl/N-ethyl adjacent to an activating group) is 1. The van der Waals surface area contributed by atoms with Crippen LogP contribution in [0, 0.1) is 0 Å². The second-order valence-corrected chi connectivity index (χ2v) is 4.68. The lowest BCUT2D eigenvalue weighted by atomic mass is 10.1. The van der Waals surface area contributed by atoms with Crippen molar-refractivity contribution in [3.8, 4) is 0 Å². The summed E-state index contributed by atoms with van der Waals surface area (Å²) >= 11 is 0. The number of carbonyl (C=O) groups excluding carboxylic acids is 1. The molecule has 0 aliphatic carbocycles. The first-order valence-electron chi connectivity index (χ1n) is 6.84. The molecule has 0 amide bonds. The van der Waals surface area contributed by atoms with Gasteiger partial charge in [-0.2, -0.15) is 0 Å². The van der Waals surface area contributed by atoms with E-state index in [2.05, 4.69) is 6.58 Å². The van der Waals surface area contributed by atoms with E-state index in [1.54, 1.807) is 6.08 Å².